The molecule has 5 rings (SSSR count). The molecule has 5 aromatic carbocycles. The Morgan fingerprint density at radius 1 is 0.653 bits per heavy atom. The highest BCUT2D eigenvalue weighted by atomic mass is 79.9. The molecule has 0 saturated carbocycles. The summed E-state index contributed by atoms with van der Waals surface area (Å²) in [5, 5.41) is 4.15. The molecule has 0 saturated heterocycles. The van der Waals surface area contributed by atoms with Crippen molar-refractivity contribution in [2.45, 2.75) is 26.7 Å². The van der Waals surface area contributed by atoms with Crippen LogP contribution in [-0.4, -0.2) is 32.9 Å². The summed E-state index contributed by atoms with van der Waals surface area (Å²) in [6.45, 7) is 3.37. The van der Waals surface area contributed by atoms with Crippen LogP contribution in [0.1, 0.15) is 39.5 Å². The van der Waals surface area contributed by atoms with Crippen molar-refractivity contribution in [1.82, 2.24) is 5.43 Å². The first-order valence-electron chi connectivity index (χ1n) is 15.6. The lowest BCUT2D eigenvalue weighted by Crippen LogP contribution is -2.17. The van der Waals surface area contributed by atoms with Crippen molar-refractivity contribution in [3.63, 3.8) is 0 Å². The molecule has 5 aromatic rings. The highest BCUT2D eigenvalue weighted by Crippen LogP contribution is 2.37. The molecule has 9 nitrogen and oxygen atoms in total. The second-order valence-corrected chi connectivity index (χ2v) is 11.5. The summed E-state index contributed by atoms with van der Waals surface area (Å²) < 4.78 is 35.6. The standard InChI is InChI=1S/C39H37BrN2O7/c1-4-46-36-22-31(16-18-34(36)48-25-28-13-9-6-10-14-28)39(43)42-41-23-30-19-32(40)38(37(21-30)45-3)49-26-29-15-17-33(35(20-29)44-2)47-24-27-11-7-5-8-12-27/h5-23H,4,24-26H2,1-3H3,(H,42,43)/b41-23+. The lowest BCUT2D eigenvalue weighted by atomic mass is 10.2. The van der Waals surface area contributed by atoms with Gasteiger partial charge in [-0.25, -0.2) is 5.43 Å². The maximum Gasteiger partial charge on any atom is 0.271 e. The van der Waals surface area contributed by atoms with E-state index in [1.165, 1.54) is 6.21 Å². The molecule has 252 valence electrons. The third-order valence-corrected chi connectivity index (χ3v) is 7.81. The molecule has 0 bridgehead atoms. The second kappa shape index (κ2) is 17.6. The molecule has 10 heteroatoms. The molecule has 0 unspecified atom stereocenters. The van der Waals surface area contributed by atoms with Crippen LogP contribution in [0.25, 0.3) is 0 Å². The van der Waals surface area contributed by atoms with E-state index in [4.69, 9.17) is 28.4 Å². The largest absolute Gasteiger partial charge is 0.493 e. The monoisotopic (exact) mass is 724 g/mol. The molecule has 0 atom stereocenters. The topological polar surface area (TPSA) is 96.8 Å². The Morgan fingerprint density at radius 3 is 1.90 bits per heavy atom. The molecule has 0 aromatic heterocycles. The summed E-state index contributed by atoms with van der Waals surface area (Å²) in [4.78, 5) is 12.9. The van der Waals surface area contributed by atoms with E-state index in [2.05, 4.69) is 26.5 Å². The molecular weight excluding hydrogens is 688 g/mol. The zero-order valence-electron chi connectivity index (χ0n) is 27.5. The average Bonchev–Trinajstić information content (AvgIpc) is 3.13. The second-order valence-electron chi connectivity index (χ2n) is 10.7. The number of amides is 1. The number of carbonyl (C=O) groups is 1. The fourth-order valence-electron chi connectivity index (χ4n) is 4.77. The first-order chi connectivity index (χ1) is 24.0. The van der Waals surface area contributed by atoms with Gasteiger partial charge in [-0.05, 0) is 87.6 Å². The number of hydrogen-bond donors (Lipinski definition) is 1. The van der Waals surface area contributed by atoms with Gasteiger partial charge in [-0.3, -0.25) is 4.79 Å². The van der Waals surface area contributed by atoms with Crippen LogP contribution < -0.4 is 33.8 Å². The molecule has 0 aliphatic carbocycles. The molecule has 1 amide bonds. The number of halogens is 1. The lowest BCUT2D eigenvalue weighted by molar-refractivity contribution is 0.0954. The summed E-state index contributed by atoms with van der Waals surface area (Å²) in [5.74, 6) is 2.89. The van der Waals surface area contributed by atoms with Gasteiger partial charge in [0, 0.05) is 5.56 Å². The number of nitrogens with one attached hydrogen (secondary N) is 1. The molecule has 0 heterocycles. The van der Waals surface area contributed by atoms with Gasteiger partial charge in [0.1, 0.15) is 19.8 Å². The van der Waals surface area contributed by atoms with Crippen LogP contribution >= 0.6 is 15.9 Å². The smallest absolute Gasteiger partial charge is 0.271 e. The molecule has 1 N–H and O–H groups in total. The Hall–Kier alpha value is -5.48. The molecule has 0 fully saturated rings. The Bertz CT molecular complexity index is 1870. The van der Waals surface area contributed by atoms with Gasteiger partial charge in [-0.2, -0.15) is 5.10 Å². The SMILES string of the molecule is CCOc1cc(C(=O)N/N=C/c2cc(Br)c(OCc3ccc(OCc4ccccc4)c(OC)c3)c(OC)c2)ccc1OCc1ccccc1. The van der Waals surface area contributed by atoms with E-state index in [0.717, 1.165) is 16.7 Å². The molecule has 0 aliphatic heterocycles. The molecule has 0 radical (unpaired) electrons. The number of rotatable bonds is 16. The van der Waals surface area contributed by atoms with E-state index in [1.807, 2.05) is 91.9 Å². The van der Waals surface area contributed by atoms with Crippen LogP contribution in [0.3, 0.4) is 0 Å². The predicted molar refractivity (Wildman–Crippen MR) is 192 cm³/mol. The maximum atomic E-state index is 12.9. The zero-order valence-corrected chi connectivity index (χ0v) is 29.1. The highest BCUT2D eigenvalue weighted by Gasteiger charge is 2.15. The number of methoxy groups -OCH3 is 2. The summed E-state index contributed by atoms with van der Waals surface area (Å²) in [5.41, 5.74) is 6.60. The van der Waals surface area contributed by atoms with E-state index in [1.54, 1.807) is 38.5 Å². The number of nitrogens with zero attached hydrogens (tertiary/aromatic N) is 1. The van der Waals surface area contributed by atoms with Gasteiger partial charge in [-0.1, -0.05) is 66.7 Å². The van der Waals surface area contributed by atoms with Gasteiger partial charge >= 0.3 is 0 Å². The average molecular weight is 726 g/mol. The van der Waals surface area contributed by atoms with E-state index in [9.17, 15) is 4.79 Å². The maximum absolute atomic E-state index is 12.9. The van der Waals surface area contributed by atoms with Crippen LogP contribution in [0, 0.1) is 0 Å². The number of carbonyl (C=O) groups excluding carboxylic acids is 1. The van der Waals surface area contributed by atoms with Crippen molar-refractivity contribution in [3.8, 4) is 34.5 Å². The van der Waals surface area contributed by atoms with Gasteiger partial charge < -0.3 is 28.4 Å². The van der Waals surface area contributed by atoms with Crippen LogP contribution in [0.5, 0.6) is 34.5 Å². The molecule has 49 heavy (non-hydrogen) atoms. The van der Waals surface area contributed by atoms with Crippen molar-refractivity contribution in [2.75, 3.05) is 20.8 Å². The predicted octanol–water partition coefficient (Wildman–Crippen LogP) is 8.37. The fourth-order valence-corrected chi connectivity index (χ4v) is 5.34. The summed E-state index contributed by atoms with van der Waals surface area (Å²) in [6, 6.07) is 34.1. The van der Waals surface area contributed by atoms with Crippen LogP contribution in [0.15, 0.2) is 119 Å². The first-order valence-corrected chi connectivity index (χ1v) is 16.4. The van der Waals surface area contributed by atoms with Crippen LogP contribution in [0.2, 0.25) is 0 Å². The highest BCUT2D eigenvalue weighted by molar-refractivity contribution is 9.10. The zero-order chi connectivity index (χ0) is 34.4. The Balaban J connectivity index is 1.19. The van der Waals surface area contributed by atoms with Gasteiger partial charge in [0.15, 0.2) is 34.5 Å². The lowest BCUT2D eigenvalue weighted by Gasteiger charge is -2.15. The van der Waals surface area contributed by atoms with E-state index in [0.29, 0.717) is 69.9 Å². The number of benzene rings is 5. The van der Waals surface area contributed by atoms with Crippen molar-refractivity contribution in [3.05, 3.63) is 141 Å². The fraction of sp³-hybridized carbons (Fsp3) is 0.179. The first kappa shape index (κ1) is 34.8. The van der Waals surface area contributed by atoms with Gasteiger partial charge in [0.25, 0.3) is 5.91 Å². The third-order valence-electron chi connectivity index (χ3n) is 7.22. The quantitative estimate of drug-likeness (QED) is 0.0807. The van der Waals surface area contributed by atoms with Crippen LogP contribution in [-0.2, 0) is 19.8 Å². The molecular formula is C39H37BrN2O7. The molecule has 0 spiro atoms. The Labute approximate surface area is 294 Å². The minimum Gasteiger partial charge on any atom is -0.493 e. The Morgan fingerprint density at radius 2 is 1.27 bits per heavy atom. The summed E-state index contributed by atoms with van der Waals surface area (Å²) in [7, 11) is 3.16. The van der Waals surface area contributed by atoms with Crippen molar-refractivity contribution < 1.29 is 33.2 Å². The summed E-state index contributed by atoms with van der Waals surface area (Å²) in [6.07, 6.45) is 1.52. The third kappa shape index (κ3) is 9.77. The summed E-state index contributed by atoms with van der Waals surface area (Å²) >= 11 is 3.58. The van der Waals surface area contributed by atoms with Crippen molar-refractivity contribution in [2.24, 2.45) is 5.10 Å². The minimum atomic E-state index is -0.398. The van der Waals surface area contributed by atoms with E-state index >= 15 is 0 Å². The van der Waals surface area contributed by atoms with E-state index in [-0.39, 0.29) is 6.61 Å². The number of hydrogen-bond acceptors (Lipinski definition) is 8. The van der Waals surface area contributed by atoms with Crippen molar-refractivity contribution in [1.29, 1.82) is 0 Å². The van der Waals surface area contributed by atoms with Gasteiger partial charge in [0.2, 0.25) is 0 Å². The number of hydrazone groups is 1. The Kier molecular flexibility index (Phi) is 12.5. The van der Waals surface area contributed by atoms with Crippen LogP contribution in [0.4, 0.5) is 0 Å². The minimum absolute atomic E-state index is 0.258. The van der Waals surface area contributed by atoms with E-state index < -0.39 is 5.91 Å². The van der Waals surface area contributed by atoms with Crippen molar-refractivity contribution >= 4 is 28.1 Å². The van der Waals surface area contributed by atoms with Gasteiger partial charge in [0.05, 0.1) is 31.5 Å². The molecule has 0 aliphatic rings. The number of ether oxygens (including phenoxy) is 6. The van der Waals surface area contributed by atoms with Gasteiger partial charge in [-0.15, -0.1) is 0 Å². The normalized spacial score (nSPS) is 10.8.